The molecule has 8 heteroatoms. The van der Waals surface area contributed by atoms with E-state index >= 15 is 0 Å². The Bertz CT molecular complexity index is 1440. The molecule has 0 saturated heterocycles. The lowest BCUT2D eigenvalue weighted by atomic mass is 10.0. The second kappa shape index (κ2) is 10.7. The van der Waals surface area contributed by atoms with E-state index in [1.807, 2.05) is 42.5 Å². The fraction of sp³-hybridized carbons (Fsp3) is 0.107. The minimum atomic E-state index is -1.18. The third-order valence-electron chi connectivity index (χ3n) is 5.68. The molecule has 1 atom stereocenters. The number of nitrogen functional groups attached to an aromatic ring is 1. The summed E-state index contributed by atoms with van der Waals surface area (Å²) in [7, 11) is 0. The zero-order chi connectivity index (χ0) is 25.7. The SMILES string of the molecule is N=C(N)c1ccc(COc2ccc3cc(CC(NC(=O)c4cccc(F)c4)C(=O)O)ccc3c2)cc1. The molecule has 0 saturated carbocycles. The first-order valence-corrected chi connectivity index (χ1v) is 11.2. The minimum Gasteiger partial charge on any atom is -0.489 e. The summed E-state index contributed by atoms with van der Waals surface area (Å²) in [4.78, 5) is 24.2. The van der Waals surface area contributed by atoms with E-state index < -0.39 is 23.7 Å². The van der Waals surface area contributed by atoms with Crippen molar-refractivity contribution in [3.8, 4) is 5.75 Å². The highest BCUT2D eigenvalue weighted by atomic mass is 19.1. The summed E-state index contributed by atoms with van der Waals surface area (Å²) < 4.78 is 19.3. The number of carboxylic acid groups (broad SMARTS) is 1. The molecule has 4 rings (SSSR count). The van der Waals surface area contributed by atoms with Gasteiger partial charge >= 0.3 is 5.97 Å². The number of carboxylic acids is 1. The van der Waals surface area contributed by atoms with Crippen molar-refractivity contribution in [2.24, 2.45) is 5.73 Å². The van der Waals surface area contributed by atoms with Crippen LogP contribution in [0.1, 0.15) is 27.0 Å². The normalized spacial score (nSPS) is 11.6. The number of benzene rings is 4. The van der Waals surface area contributed by atoms with Crippen molar-refractivity contribution in [3.63, 3.8) is 0 Å². The van der Waals surface area contributed by atoms with Gasteiger partial charge in [0.15, 0.2) is 0 Å². The highest BCUT2D eigenvalue weighted by Gasteiger charge is 2.21. The Balaban J connectivity index is 1.42. The second-order valence-electron chi connectivity index (χ2n) is 8.32. The summed E-state index contributed by atoms with van der Waals surface area (Å²) in [5.41, 5.74) is 7.86. The fourth-order valence-electron chi connectivity index (χ4n) is 3.74. The molecule has 0 heterocycles. The van der Waals surface area contributed by atoms with Crippen LogP contribution in [-0.4, -0.2) is 28.9 Å². The van der Waals surface area contributed by atoms with Gasteiger partial charge < -0.3 is 20.9 Å². The number of rotatable bonds is 9. The van der Waals surface area contributed by atoms with Crippen molar-refractivity contribution in [3.05, 3.63) is 113 Å². The molecule has 7 nitrogen and oxygen atoms in total. The number of fused-ring (bicyclic) bond motifs is 1. The number of halogens is 1. The van der Waals surface area contributed by atoms with Crippen LogP contribution in [0.25, 0.3) is 10.8 Å². The van der Waals surface area contributed by atoms with Crippen molar-refractivity contribution < 1.29 is 23.8 Å². The molecule has 0 aliphatic rings. The molecular formula is C28H24FN3O4. The van der Waals surface area contributed by atoms with E-state index in [0.29, 0.717) is 17.9 Å². The molecule has 182 valence electrons. The Kier molecular flexibility index (Phi) is 7.25. The topological polar surface area (TPSA) is 126 Å². The number of nitrogens with one attached hydrogen (secondary N) is 2. The van der Waals surface area contributed by atoms with Crippen molar-refractivity contribution in [2.45, 2.75) is 19.1 Å². The molecule has 0 spiro atoms. The summed E-state index contributed by atoms with van der Waals surface area (Å²) >= 11 is 0. The average Bonchev–Trinajstić information content (AvgIpc) is 2.87. The van der Waals surface area contributed by atoms with Gasteiger partial charge in [-0.2, -0.15) is 0 Å². The summed E-state index contributed by atoms with van der Waals surface area (Å²) in [6, 6.07) is 22.3. The molecule has 4 aromatic rings. The molecule has 36 heavy (non-hydrogen) atoms. The van der Waals surface area contributed by atoms with Gasteiger partial charge in [-0.05, 0) is 52.2 Å². The summed E-state index contributed by atoms with van der Waals surface area (Å²) in [6.07, 6.45) is 0.0703. The van der Waals surface area contributed by atoms with Gasteiger partial charge in [0.1, 0.15) is 30.1 Å². The zero-order valence-corrected chi connectivity index (χ0v) is 19.2. The molecule has 0 aromatic heterocycles. The number of aliphatic carboxylic acids is 1. The molecule has 1 unspecified atom stereocenters. The number of amides is 1. The lowest BCUT2D eigenvalue weighted by molar-refractivity contribution is -0.139. The van der Waals surface area contributed by atoms with E-state index in [1.54, 1.807) is 18.2 Å². The van der Waals surface area contributed by atoms with E-state index in [9.17, 15) is 19.1 Å². The minimum absolute atomic E-state index is 0.0139. The lowest BCUT2D eigenvalue weighted by Gasteiger charge is -2.15. The Hall–Kier alpha value is -4.72. The van der Waals surface area contributed by atoms with Gasteiger partial charge in [0.25, 0.3) is 5.91 Å². The number of hydrogen-bond donors (Lipinski definition) is 4. The molecule has 1 amide bonds. The summed E-state index contributed by atoms with van der Waals surface area (Å²) in [5.74, 6) is -1.71. The first-order chi connectivity index (χ1) is 17.3. The van der Waals surface area contributed by atoms with Gasteiger partial charge in [0.05, 0.1) is 0 Å². The third kappa shape index (κ3) is 6.04. The number of hydrogen-bond acceptors (Lipinski definition) is 4. The Labute approximate surface area is 206 Å². The highest BCUT2D eigenvalue weighted by molar-refractivity contribution is 5.96. The molecule has 4 aromatic carbocycles. The van der Waals surface area contributed by atoms with E-state index in [0.717, 1.165) is 28.0 Å². The largest absolute Gasteiger partial charge is 0.489 e. The number of nitrogens with two attached hydrogens (primary N) is 1. The summed E-state index contributed by atoms with van der Waals surface area (Å²) in [5, 5.41) is 21.3. The predicted octanol–water partition coefficient (Wildman–Crippen LogP) is 4.27. The molecule has 0 fully saturated rings. The van der Waals surface area contributed by atoms with Crippen LogP contribution in [-0.2, 0) is 17.8 Å². The van der Waals surface area contributed by atoms with Gasteiger partial charge in [-0.15, -0.1) is 0 Å². The van der Waals surface area contributed by atoms with Crippen LogP contribution in [0.2, 0.25) is 0 Å². The van der Waals surface area contributed by atoms with Crippen LogP contribution in [0.15, 0.2) is 84.9 Å². The molecular weight excluding hydrogens is 461 g/mol. The van der Waals surface area contributed by atoms with E-state index in [1.165, 1.54) is 18.2 Å². The predicted molar refractivity (Wildman–Crippen MR) is 135 cm³/mol. The number of amidine groups is 1. The van der Waals surface area contributed by atoms with E-state index in [2.05, 4.69) is 5.32 Å². The molecule has 0 aliphatic carbocycles. The molecule has 0 bridgehead atoms. The third-order valence-corrected chi connectivity index (χ3v) is 5.68. The second-order valence-corrected chi connectivity index (χ2v) is 8.32. The van der Waals surface area contributed by atoms with E-state index in [4.69, 9.17) is 15.9 Å². The smallest absolute Gasteiger partial charge is 0.326 e. The van der Waals surface area contributed by atoms with Crippen molar-refractivity contribution in [2.75, 3.05) is 0 Å². The van der Waals surface area contributed by atoms with Gasteiger partial charge in [-0.25, -0.2) is 9.18 Å². The fourth-order valence-corrected chi connectivity index (χ4v) is 3.74. The van der Waals surface area contributed by atoms with Gasteiger partial charge in [-0.1, -0.05) is 54.6 Å². The zero-order valence-electron chi connectivity index (χ0n) is 19.2. The number of carbonyl (C=O) groups is 2. The van der Waals surface area contributed by atoms with Crippen LogP contribution < -0.4 is 15.8 Å². The highest BCUT2D eigenvalue weighted by Crippen LogP contribution is 2.23. The standard InChI is InChI=1S/C28H24FN3O4/c29-23-3-1-2-22(14-23)27(33)32-25(28(34)35)13-18-6-9-21-15-24(11-10-20(21)12-18)36-16-17-4-7-19(8-5-17)26(30)31/h1-12,14-15,25H,13,16H2,(H3,30,31)(H,32,33)(H,34,35). The van der Waals surface area contributed by atoms with Crippen LogP contribution in [0, 0.1) is 11.2 Å². The maximum absolute atomic E-state index is 13.4. The molecule has 0 radical (unpaired) electrons. The van der Waals surface area contributed by atoms with Crippen LogP contribution in [0.4, 0.5) is 4.39 Å². The maximum Gasteiger partial charge on any atom is 0.326 e. The van der Waals surface area contributed by atoms with Gasteiger partial charge in [0, 0.05) is 17.5 Å². The number of ether oxygens (including phenoxy) is 1. The Morgan fingerprint density at radius 3 is 2.31 bits per heavy atom. The van der Waals surface area contributed by atoms with Crippen LogP contribution in [0.5, 0.6) is 5.75 Å². The lowest BCUT2D eigenvalue weighted by Crippen LogP contribution is -2.42. The molecule has 0 aliphatic heterocycles. The Morgan fingerprint density at radius 2 is 1.61 bits per heavy atom. The van der Waals surface area contributed by atoms with E-state index in [-0.39, 0.29) is 17.8 Å². The van der Waals surface area contributed by atoms with Gasteiger partial charge in [-0.3, -0.25) is 10.2 Å². The first kappa shape index (κ1) is 24.4. The number of carbonyl (C=O) groups excluding carboxylic acids is 1. The quantitative estimate of drug-likeness (QED) is 0.208. The Morgan fingerprint density at radius 1 is 0.917 bits per heavy atom. The van der Waals surface area contributed by atoms with Gasteiger partial charge in [0.2, 0.25) is 0 Å². The van der Waals surface area contributed by atoms with Crippen LogP contribution >= 0.6 is 0 Å². The maximum atomic E-state index is 13.4. The average molecular weight is 486 g/mol. The van der Waals surface area contributed by atoms with Crippen LogP contribution in [0.3, 0.4) is 0 Å². The monoisotopic (exact) mass is 485 g/mol. The van der Waals surface area contributed by atoms with Crippen molar-refractivity contribution in [1.29, 1.82) is 5.41 Å². The first-order valence-electron chi connectivity index (χ1n) is 11.2. The van der Waals surface area contributed by atoms with Crippen molar-refractivity contribution in [1.82, 2.24) is 5.32 Å². The molecule has 5 N–H and O–H groups in total. The summed E-state index contributed by atoms with van der Waals surface area (Å²) in [6.45, 7) is 0.354. The van der Waals surface area contributed by atoms with Crippen molar-refractivity contribution >= 4 is 28.5 Å².